The summed E-state index contributed by atoms with van der Waals surface area (Å²) in [6.45, 7) is 0.164. The highest BCUT2D eigenvalue weighted by Gasteiger charge is 2.37. The first-order valence-corrected chi connectivity index (χ1v) is 11.5. The first-order valence-electron chi connectivity index (χ1n) is 11.5. The summed E-state index contributed by atoms with van der Waals surface area (Å²) >= 11 is 0. The molecule has 11 heteroatoms. The van der Waals surface area contributed by atoms with Crippen LogP contribution in [0.2, 0.25) is 0 Å². The maximum atomic E-state index is 13.6. The Kier molecular flexibility index (Phi) is 6.24. The molecule has 4 aromatic rings. The Balaban J connectivity index is 1.60. The minimum Gasteiger partial charge on any atom is -0.497 e. The van der Waals surface area contributed by atoms with Gasteiger partial charge in [-0.05, 0) is 72.1 Å². The molecule has 0 fully saturated rings. The fourth-order valence-corrected chi connectivity index (χ4v) is 4.81. The van der Waals surface area contributed by atoms with Crippen molar-refractivity contribution in [3.8, 4) is 11.5 Å². The molecule has 1 aliphatic heterocycles. The highest BCUT2D eigenvalue weighted by Crippen LogP contribution is 2.41. The summed E-state index contributed by atoms with van der Waals surface area (Å²) in [7, 11) is 1.52. The van der Waals surface area contributed by atoms with E-state index in [0.29, 0.717) is 17.9 Å². The van der Waals surface area contributed by atoms with Crippen LogP contribution in [0.5, 0.6) is 11.5 Å². The summed E-state index contributed by atoms with van der Waals surface area (Å²) in [6.07, 6.45) is -9.08. The third-order valence-corrected chi connectivity index (χ3v) is 6.46. The zero-order chi connectivity index (χ0) is 27.2. The van der Waals surface area contributed by atoms with Crippen molar-refractivity contribution in [2.75, 3.05) is 13.7 Å². The van der Waals surface area contributed by atoms with Crippen molar-refractivity contribution in [1.29, 1.82) is 0 Å². The number of rotatable bonds is 4. The first kappa shape index (κ1) is 25.5. The maximum Gasteiger partial charge on any atom is 0.573 e. The average Bonchev–Trinajstić information content (AvgIpc) is 3.24. The van der Waals surface area contributed by atoms with Gasteiger partial charge in [-0.15, -0.1) is 13.2 Å². The Morgan fingerprint density at radius 2 is 1.66 bits per heavy atom. The van der Waals surface area contributed by atoms with E-state index in [-0.39, 0.29) is 17.7 Å². The Hall–Kier alpha value is -4.15. The number of alkyl halides is 6. The molecule has 5 rings (SSSR count). The van der Waals surface area contributed by atoms with E-state index in [0.717, 1.165) is 40.7 Å². The molecule has 1 aliphatic rings. The van der Waals surface area contributed by atoms with Crippen LogP contribution in [-0.2, 0) is 12.6 Å². The van der Waals surface area contributed by atoms with E-state index in [1.807, 2.05) is 6.07 Å². The quantitative estimate of drug-likeness (QED) is 0.291. The lowest BCUT2D eigenvalue weighted by Gasteiger charge is -2.36. The molecule has 38 heavy (non-hydrogen) atoms. The highest BCUT2D eigenvalue weighted by atomic mass is 19.4. The zero-order valence-electron chi connectivity index (χ0n) is 19.8. The Morgan fingerprint density at radius 1 is 0.947 bits per heavy atom. The first-order chi connectivity index (χ1) is 17.9. The number of nitrogens with one attached hydrogen (secondary N) is 1. The predicted octanol–water partition coefficient (Wildman–Crippen LogP) is 6.88. The van der Waals surface area contributed by atoms with Crippen LogP contribution < -0.4 is 9.47 Å². The third-order valence-electron chi connectivity index (χ3n) is 6.46. The number of methoxy groups -OCH3 is 1. The van der Waals surface area contributed by atoms with E-state index < -0.39 is 35.8 Å². The Bertz CT molecular complexity index is 1490. The molecule has 3 aromatic carbocycles. The molecule has 0 saturated carbocycles. The fourth-order valence-electron chi connectivity index (χ4n) is 4.81. The number of amides is 1. The topological polar surface area (TPSA) is 54.6 Å². The summed E-state index contributed by atoms with van der Waals surface area (Å²) in [5.74, 6) is -0.434. The smallest absolute Gasteiger partial charge is 0.497 e. The van der Waals surface area contributed by atoms with Gasteiger partial charge in [-0.3, -0.25) is 4.79 Å². The van der Waals surface area contributed by atoms with Crippen LogP contribution in [0.4, 0.5) is 26.3 Å². The maximum absolute atomic E-state index is 13.6. The molecule has 1 unspecified atom stereocenters. The molecule has 1 atom stereocenters. The molecular formula is C27H20F6N2O3. The van der Waals surface area contributed by atoms with Crippen LogP contribution in [0.25, 0.3) is 10.9 Å². The Morgan fingerprint density at radius 3 is 2.32 bits per heavy atom. The second-order valence-electron chi connectivity index (χ2n) is 8.78. The van der Waals surface area contributed by atoms with Crippen molar-refractivity contribution in [3.05, 3.63) is 94.7 Å². The van der Waals surface area contributed by atoms with Crippen LogP contribution in [-0.4, -0.2) is 35.8 Å². The number of nitrogens with zero attached hydrogens (tertiary/aromatic N) is 1. The minimum absolute atomic E-state index is 0.0673. The van der Waals surface area contributed by atoms with E-state index in [1.54, 1.807) is 12.1 Å². The molecule has 0 spiro atoms. The highest BCUT2D eigenvalue weighted by molar-refractivity contribution is 5.96. The molecule has 2 heterocycles. The van der Waals surface area contributed by atoms with Crippen LogP contribution >= 0.6 is 0 Å². The predicted molar refractivity (Wildman–Crippen MR) is 126 cm³/mol. The van der Waals surface area contributed by atoms with Gasteiger partial charge in [-0.2, -0.15) is 13.2 Å². The van der Waals surface area contributed by atoms with Gasteiger partial charge in [0.25, 0.3) is 5.91 Å². The van der Waals surface area contributed by atoms with Gasteiger partial charge in [0.05, 0.1) is 18.7 Å². The number of carbonyl (C=O) groups excluding carboxylic acids is 1. The van der Waals surface area contributed by atoms with Gasteiger partial charge in [0.1, 0.15) is 11.5 Å². The summed E-state index contributed by atoms with van der Waals surface area (Å²) < 4.78 is 87.5. The molecule has 0 saturated heterocycles. The molecule has 0 aliphatic carbocycles. The number of halogens is 6. The van der Waals surface area contributed by atoms with E-state index in [1.165, 1.54) is 36.3 Å². The largest absolute Gasteiger partial charge is 0.573 e. The second kappa shape index (κ2) is 9.30. The number of ether oxygens (including phenoxy) is 2. The molecule has 0 bridgehead atoms. The van der Waals surface area contributed by atoms with E-state index in [9.17, 15) is 31.1 Å². The zero-order valence-corrected chi connectivity index (χ0v) is 19.8. The van der Waals surface area contributed by atoms with Crippen molar-refractivity contribution in [2.24, 2.45) is 0 Å². The monoisotopic (exact) mass is 534 g/mol. The lowest BCUT2D eigenvalue weighted by Crippen LogP contribution is -2.40. The van der Waals surface area contributed by atoms with Gasteiger partial charge in [0.15, 0.2) is 0 Å². The summed E-state index contributed by atoms with van der Waals surface area (Å²) in [4.78, 5) is 18.3. The van der Waals surface area contributed by atoms with Crippen LogP contribution in [0, 0.1) is 0 Å². The Labute approximate surface area is 212 Å². The summed E-state index contributed by atoms with van der Waals surface area (Å²) in [5.41, 5.74) is 1.59. The van der Waals surface area contributed by atoms with Crippen molar-refractivity contribution in [2.45, 2.75) is 25.0 Å². The van der Waals surface area contributed by atoms with Crippen molar-refractivity contribution in [1.82, 2.24) is 9.88 Å². The summed E-state index contributed by atoms with van der Waals surface area (Å²) in [5, 5.41) is 0.831. The van der Waals surface area contributed by atoms with E-state index >= 15 is 0 Å². The van der Waals surface area contributed by atoms with Crippen LogP contribution in [0.1, 0.15) is 38.8 Å². The van der Waals surface area contributed by atoms with Gasteiger partial charge in [-0.25, -0.2) is 0 Å². The van der Waals surface area contributed by atoms with E-state index in [2.05, 4.69) is 9.72 Å². The van der Waals surface area contributed by atoms with Gasteiger partial charge in [0, 0.05) is 28.7 Å². The van der Waals surface area contributed by atoms with E-state index in [4.69, 9.17) is 4.74 Å². The molecule has 0 radical (unpaired) electrons. The second-order valence-corrected chi connectivity index (χ2v) is 8.78. The van der Waals surface area contributed by atoms with Gasteiger partial charge in [0.2, 0.25) is 0 Å². The standard InChI is InChI=1S/C27H20F6N2O3/c1-37-19-9-10-22-21(14-19)20-11-12-35(25(36)15-5-7-18(8-6-15)38-27(31,32)33)24(23(20)34-22)16-3-2-4-17(13-16)26(28,29)30/h2-10,13-14,24,34H,11-12H2,1H3. The van der Waals surface area contributed by atoms with Gasteiger partial charge >= 0.3 is 12.5 Å². The number of hydrogen-bond donors (Lipinski definition) is 1. The minimum atomic E-state index is -4.89. The average molecular weight is 534 g/mol. The summed E-state index contributed by atoms with van der Waals surface area (Å²) in [6, 6.07) is 13.6. The van der Waals surface area contributed by atoms with Crippen LogP contribution in [0.3, 0.4) is 0 Å². The lowest BCUT2D eigenvalue weighted by atomic mass is 9.91. The fraction of sp³-hybridized carbons (Fsp3) is 0.222. The molecular weight excluding hydrogens is 514 g/mol. The molecule has 5 nitrogen and oxygen atoms in total. The molecule has 198 valence electrons. The van der Waals surface area contributed by atoms with Crippen molar-refractivity contribution >= 4 is 16.8 Å². The lowest BCUT2D eigenvalue weighted by molar-refractivity contribution is -0.274. The van der Waals surface area contributed by atoms with Crippen molar-refractivity contribution in [3.63, 3.8) is 0 Å². The van der Waals surface area contributed by atoms with Crippen molar-refractivity contribution < 1.29 is 40.6 Å². The number of aromatic amines is 1. The number of fused-ring (bicyclic) bond motifs is 3. The van der Waals surface area contributed by atoms with Gasteiger partial charge in [-0.1, -0.05) is 12.1 Å². The molecule has 1 aromatic heterocycles. The number of benzene rings is 3. The normalized spacial score (nSPS) is 15.9. The van der Waals surface area contributed by atoms with Crippen LogP contribution in [0.15, 0.2) is 66.7 Å². The number of carbonyl (C=O) groups is 1. The third kappa shape index (κ3) is 4.88. The number of H-pyrrole nitrogens is 1. The number of hydrogen-bond acceptors (Lipinski definition) is 3. The molecule has 1 N–H and O–H groups in total. The SMILES string of the molecule is COc1ccc2[nH]c3c(c2c1)CCN(C(=O)c1ccc(OC(F)(F)F)cc1)C3c1cccc(C(F)(F)F)c1. The number of aromatic nitrogens is 1. The molecule has 1 amide bonds. The van der Waals surface area contributed by atoms with Gasteiger partial charge < -0.3 is 19.4 Å².